The minimum Gasteiger partial charge on any atom is -0.305 e. The Morgan fingerprint density at radius 3 is 3.00 bits per heavy atom. The van der Waals surface area contributed by atoms with Crippen molar-refractivity contribution < 1.29 is 9.63 Å². The molecule has 2 rings (SSSR count). The Hall–Kier alpha value is -1.88. The van der Waals surface area contributed by atoms with Crippen LogP contribution in [-0.4, -0.2) is 34.5 Å². The maximum atomic E-state index is 12.0. The topological polar surface area (TPSA) is 46.8 Å². The molecule has 16 heavy (non-hydrogen) atoms. The fourth-order valence-electron chi connectivity index (χ4n) is 1.60. The zero-order chi connectivity index (χ0) is 11.7. The minimum atomic E-state index is -0.184. The second-order valence-electron chi connectivity index (χ2n) is 3.60. The molecule has 84 valence electrons. The molecule has 2 aromatic heterocycles. The van der Waals surface area contributed by atoms with Gasteiger partial charge in [0, 0.05) is 13.2 Å². The molecule has 1 amide bonds. The molecule has 0 saturated heterocycles. The quantitative estimate of drug-likeness (QED) is 0.715. The van der Waals surface area contributed by atoms with Crippen molar-refractivity contribution in [2.75, 3.05) is 14.2 Å². The van der Waals surface area contributed by atoms with Crippen LogP contribution < -0.4 is 0 Å². The highest BCUT2D eigenvalue weighted by Gasteiger charge is 2.15. The molecule has 0 aliphatic heterocycles. The zero-order valence-corrected chi connectivity index (χ0v) is 9.47. The van der Waals surface area contributed by atoms with Gasteiger partial charge in [0.25, 0.3) is 5.91 Å². The highest BCUT2D eigenvalue weighted by Crippen LogP contribution is 2.14. The molecule has 2 aromatic rings. The molecule has 5 nitrogen and oxygen atoms in total. The molecular weight excluding hydrogens is 206 g/mol. The molecule has 0 bridgehead atoms. The molecule has 0 unspecified atom stereocenters. The van der Waals surface area contributed by atoms with E-state index in [4.69, 9.17) is 4.84 Å². The Balaban J connectivity index is 2.58. The molecule has 0 radical (unpaired) electrons. The largest absolute Gasteiger partial charge is 0.305 e. The van der Waals surface area contributed by atoms with Crippen LogP contribution in [0.4, 0.5) is 0 Å². The van der Waals surface area contributed by atoms with E-state index in [1.807, 2.05) is 23.6 Å². The lowest BCUT2D eigenvalue weighted by molar-refractivity contribution is -0.0756. The Morgan fingerprint density at radius 1 is 1.56 bits per heavy atom. The Labute approximate surface area is 93.2 Å². The van der Waals surface area contributed by atoms with Crippen LogP contribution in [0.5, 0.6) is 0 Å². The van der Waals surface area contributed by atoms with E-state index in [1.54, 1.807) is 19.6 Å². The van der Waals surface area contributed by atoms with Gasteiger partial charge in [-0.2, -0.15) is 0 Å². The number of hydroxylamine groups is 2. The Morgan fingerprint density at radius 2 is 2.31 bits per heavy atom. The smallest absolute Gasteiger partial charge is 0.279 e. The summed E-state index contributed by atoms with van der Waals surface area (Å²) in [6.07, 6.45) is 5.26. The number of amides is 1. The van der Waals surface area contributed by atoms with Crippen LogP contribution >= 0.6 is 0 Å². The molecule has 0 aromatic carbocycles. The molecule has 0 atom stereocenters. The lowest BCUT2D eigenvalue weighted by Gasteiger charge is -2.14. The first kappa shape index (κ1) is 10.6. The summed E-state index contributed by atoms with van der Waals surface area (Å²) >= 11 is 0. The van der Waals surface area contributed by atoms with Gasteiger partial charge in [0.05, 0.1) is 30.7 Å². The summed E-state index contributed by atoms with van der Waals surface area (Å²) in [5, 5.41) is 1.20. The number of aryl methyl sites for hydroxylation is 1. The average Bonchev–Trinajstić information content (AvgIpc) is 2.73. The molecular formula is C11H13N3O2. The molecule has 0 aliphatic rings. The van der Waals surface area contributed by atoms with Gasteiger partial charge in [0.1, 0.15) is 0 Å². The van der Waals surface area contributed by atoms with E-state index < -0.39 is 0 Å². The fourth-order valence-corrected chi connectivity index (χ4v) is 1.60. The maximum Gasteiger partial charge on any atom is 0.279 e. The first-order chi connectivity index (χ1) is 7.63. The SMILES string of the molecule is CON(C)C(=O)c1cc(C)cn2cncc12. The highest BCUT2D eigenvalue weighted by molar-refractivity contribution is 6.00. The Bertz CT molecular complexity index is 533. The van der Waals surface area contributed by atoms with Gasteiger partial charge >= 0.3 is 0 Å². The zero-order valence-electron chi connectivity index (χ0n) is 9.47. The van der Waals surface area contributed by atoms with E-state index in [0.29, 0.717) is 5.56 Å². The average molecular weight is 219 g/mol. The third kappa shape index (κ3) is 1.65. The summed E-state index contributed by atoms with van der Waals surface area (Å²) < 4.78 is 1.83. The molecule has 0 spiro atoms. The van der Waals surface area contributed by atoms with Crippen LogP contribution in [0.2, 0.25) is 0 Å². The van der Waals surface area contributed by atoms with Crippen molar-refractivity contribution in [3.8, 4) is 0 Å². The van der Waals surface area contributed by atoms with E-state index in [-0.39, 0.29) is 5.91 Å². The number of hydrogen-bond donors (Lipinski definition) is 0. The fraction of sp³-hybridized carbons (Fsp3) is 0.273. The number of pyridine rings is 1. The number of rotatable bonds is 2. The maximum absolute atomic E-state index is 12.0. The first-order valence-corrected chi connectivity index (χ1v) is 4.88. The third-order valence-corrected chi connectivity index (χ3v) is 2.45. The van der Waals surface area contributed by atoms with E-state index in [2.05, 4.69) is 4.98 Å². The number of nitrogens with zero attached hydrogens (tertiary/aromatic N) is 3. The van der Waals surface area contributed by atoms with Gasteiger partial charge in [-0.1, -0.05) is 0 Å². The van der Waals surface area contributed by atoms with Crippen molar-refractivity contribution in [3.05, 3.63) is 35.9 Å². The lowest BCUT2D eigenvalue weighted by atomic mass is 10.1. The number of carbonyl (C=O) groups is 1. The molecule has 0 saturated carbocycles. The number of hydrogen-bond acceptors (Lipinski definition) is 3. The second-order valence-corrected chi connectivity index (χ2v) is 3.60. The molecule has 0 N–H and O–H groups in total. The number of imidazole rings is 1. The molecule has 0 fully saturated rings. The van der Waals surface area contributed by atoms with E-state index in [0.717, 1.165) is 11.1 Å². The van der Waals surface area contributed by atoms with Crippen LogP contribution in [0.1, 0.15) is 15.9 Å². The van der Waals surface area contributed by atoms with E-state index in [1.165, 1.54) is 12.2 Å². The van der Waals surface area contributed by atoms with Crippen LogP contribution in [0.3, 0.4) is 0 Å². The van der Waals surface area contributed by atoms with Crippen molar-refractivity contribution in [2.24, 2.45) is 0 Å². The monoisotopic (exact) mass is 219 g/mol. The number of aromatic nitrogens is 2. The normalized spacial score (nSPS) is 10.7. The predicted octanol–water partition coefficient (Wildman–Crippen LogP) is 1.28. The van der Waals surface area contributed by atoms with Gasteiger partial charge in [-0.25, -0.2) is 10.0 Å². The van der Waals surface area contributed by atoms with Gasteiger partial charge in [0.15, 0.2) is 0 Å². The van der Waals surface area contributed by atoms with Gasteiger partial charge in [-0.15, -0.1) is 0 Å². The predicted molar refractivity (Wildman–Crippen MR) is 59.0 cm³/mol. The van der Waals surface area contributed by atoms with Crippen molar-refractivity contribution in [1.29, 1.82) is 0 Å². The molecule has 5 heteroatoms. The van der Waals surface area contributed by atoms with Gasteiger partial charge in [-0.05, 0) is 18.6 Å². The molecule has 0 aliphatic carbocycles. The number of fused-ring (bicyclic) bond motifs is 1. The van der Waals surface area contributed by atoms with Crippen LogP contribution in [-0.2, 0) is 4.84 Å². The van der Waals surface area contributed by atoms with Crippen molar-refractivity contribution in [2.45, 2.75) is 6.92 Å². The first-order valence-electron chi connectivity index (χ1n) is 4.88. The second kappa shape index (κ2) is 3.94. The minimum absolute atomic E-state index is 0.184. The lowest BCUT2D eigenvalue weighted by Crippen LogP contribution is -2.25. The summed E-state index contributed by atoms with van der Waals surface area (Å²) in [6.45, 7) is 1.93. The van der Waals surface area contributed by atoms with Crippen LogP contribution in [0, 0.1) is 6.92 Å². The third-order valence-electron chi connectivity index (χ3n) is 2.45. The van der Waals surface area contributed by atoms with Gasteiger partial charge in [0.2, 0.25) is 0 Å². The van der Waals surface area contributed by atoms with E-state index >= 15 is 0 Å². The summed E-state index contributed by atoms with van der Waals surface area (Å²) in [5.74, 6) is -0.184. The van der Waals surface area contributed by atoms with Crippen LogP contribution in [0.15, 0.2) is 24.8 Å². The summed E-state index contributed by atoms with van der Waals surface area (Å²) in [6, 6.07) is 1.83. The summed E-state index contributed by atoms with van der Waals surface area (Å²) in [5.41, 5.74) is 2.36. The van der Waals surface area contributed by atoms with Crippen LogP contribution in [0.25, 0.3) is 5.52 Å². The van der Waals surface area contributed by atoms with E-state index in [9.17, 15) is 4.79 Å². The molecule has 2 heterocycles. The van der Waals surface area contributed by atoms with Gasteiger partial charge < -0.3 is 4.40 Å². The van der Waals surface area contributed by atoms with Crippen molar-refractivity contribution in [3.63, 3.8) is 0 Å². The van der Waals surface area contributed by atoms with Gasteiger partial charge in [-0.3, -0.25) is 9.63 Å². The van der Waals surface area contributed by atoms with Crippen molar-refractivity contribution in [1.82, 2.24) is 14.4 Å². The Kier molecular flexibility index (Phi) is 2.62. The van der Waals surface area contributed by atoms with Crippen molar-refractivity contribution >= 4 is 11.4 Å². The summed E-state index contributed by atoms with van der Waals surface area (Å²) in [4.78, 5) is 20.9. The number of carbonyl (C=O) groups excluding carboxylic acids is 1. The standard InChI is InChI=1S/C11H13N3O2/c1-8-4-9(11(15)13(2)16-3)10-5-12-7-14(10)6-8/h4-7H,1-3H3. The highest BCUT2D eigenvalue weighted by atomic mass is 16.7. The summed E-state index contributed by atoms with van der Waals surface area (Å²) in [7, 11) is 3.04.